The number of carbonyl (C=O) groups is 1. The van der Waals surface area contributed by atoms with Crippen LogP contribution in [0.2, 0.25) is 0 Å². The first-order chi connectivity index (χ1) is 19.0. The maximum absolute atomic E-state index is 13.6. The molecule has 3 heterocycles. The number of imidazole rings is 1. The zero-order chi connectivity index (χ0) is 26.8. The second-order valence-electron chi connectivity index (χ2n) is 10.3. The minimum Gasteiger partial charge on any atom is -0.342 e. The van der Waals surface area contributed by atoms with Gasteiger partial charge in [0.2, 0.25) is 0 Å². The van der Waals surface area contributed by atoms with E-state index in [0.29, 0.717) is 41.6 Å². The van der Waals surface area contributed by atoms with Crippen molar-refractivity contribution in [2.75, 3.05) is 18.4 Å². The molecule has 4 aromatic rings. The molecule has 0 bridgehead atoms. The van der Waals surface area contributed by atoms with E-state index >= 15 is 0 Å². The fourth-order valence-corrected chi connectivity index (χ4v) is 6.54. The molecule has 1 atom stereocenters. The van der Waals surface area contributed by atoms with E-state index in [2.05, 4.69) is 26.3 Å². The number of alkyl halides is 1. The lowest BCUT2D eigenvalue weighted by atomic mass is 9.94. The molecule has 1 aliphatic heterocycles. The first-order valence-electron chi connectivity index (χ1n) is 13.4. The molecule has 2 aliphatic rings. The van der Waals surface area contributed by atoms with Gasteiger partial charge in [-0.3, -0.25) is 15.0 Å². The maximum Gasteiger partial charge on any atom is 0.257 e. The van der Waals surface area contributed by atoms with Crippen LogP contribution in [0.1, 0.15) is 57.1 Å². The zero-order valence-electron chi connectivity index (χ0n) is 21.5. The molecule has 1 aliphatic carbocycles. The predicted octanol–water partition coefficient (Wildman–Crippen LogP) is 5.54. The molecule has 6 rings (SSSR count). The van der Waals surface area contributed by atoms with Gasteiger partial charge in [0.25, 0.3) is 5.91 Å². The Morgan fingerprint density at radius 1 is 1.18 bits per heavy atom. The monoisotopic (exact) mass is 540 g/mol. The Bertz CT molecular complexity index is 1510. The number of nitrogens with one attached hydrogen (secondary N) is 2. The Kier molecular flexibility index (Phi) is 7.22. The minimum atomic E-state index is -0.658. The molecule has 2 N–H and O–H groups in total. The highest BCUT2D eigenvalue weighted by molar-refractivity contribution is 7.15. The van der Waals surface area contributed by atoms with Gasteiger partial charge in [0.05, 0.1) is 29.2 Å². The molecular formula is C30H29FN6OS. The second kappa shape index (κ2) is 11.1. The largest absolute Gasteiger partial charge is 0.342 e. The molecule has 0 saturated carbocycles. The first-order valence-corrected chi connectivity index (χ1v) is 14.2. The van der Waals surface area contributed by atoms with Crippen molar-refractivity contribution in [2.24, 2.45) is 0 Å². The summed E-state index contributed by atoms with van der Waals surface area (Å²) in [6, 6.07) is 17.5. The van der Waals surface area contributed by atoms with Gasteiger partial charge < -0.3 is 4.98 Å². The normalized spacial score (nSPS) is 17.9. The van der Waals surface area contributed by atoms with Gasteiger partial charge in [-0.1, -0.05) is 24.3 Å². The number of fused-ring (bicyclic) bond motifs is 1. The number of nitrogens with zero attached hydrogens (tertiary/aromatic N) is 4. The summed E-state index contributed by atoms with van der Waals surface area (Å²) in [7, 11) is 0. The number of hydrogen-bond acceptors (Lipinski definition) is 6. The number of piperidine rings is 1. The summed E-state index contributed by atoms with van der Waals surface area (Å²) < 4.78 is 13.6. The van der Waals surface area contributed by atoms with Crippen LogP contribution in [-0.2, 0) is 19.3 Å². The van der Waals surface area contributed by atoms with E-state index in [-0.39, 0.29) is 5.91 Å². The quantitative estimate of drug-likeness (QED) is 0.335. The molecule has 1 unspecified atom stereocenters. The van der Waals surface area contributed by atoms with Crippen LogP contribution in [0.15, 0.2) is 54.7 Å². The molecule has 2 aromatic heterocycles. The van der Waals surface area contributed by atoms with Gasteiger partial charge in [-0.25, -0.2) is 14.4 Å². The third kappa shape index (κ3) is 5.77. The van der Waals surface area contributed by atoms with Crippen molar-refractivity contribution >= 4 is 22.4 Å². The first kappa shape index (κ1) is 25.4. The van der Waals surface area contributed by atoms with Crippen LogP contribution in [0.4, 0.5) is 9.52 Å². The number of H-pyrrole nitrogens is 1. The van der Waals surface area contributed by atoms with Crippen LogP contribution < -0.4 is 5.32 Å². The van der Waals surface area contributed by atoms with E-state index in [1.807, 2.05) is 30.3 Å². The molecular weight excluding hydrogens is 511 g/mol. The van der Waals surface area contributed by atoms with Gasteiger partial charge in [0, 0.05) is 36.0 Å². The number of hydrogen-bond donors (Lipinski definition) is 2. The number of aromatic nitrogens is 3. The Hall–Kier alpha value is -3.87. The number of likely N-dealkylation sites (tertiary alicyclic amines) is 1. The number of carbonyl (C=O) groups excluding carboxylic acids is 1. The highest BCUT2D eigenvalue weighted by Crippen LogP contribution is 2.33. The van der Waals surface area contributed by atoms with E-state index in [0.717, 1.165) is 60.7 Å². The van der Waals surface area contributed by atoms with Crippen molar-refractivity contribution in [1.82, 2.24) is 19.9 Å². The Morgan fingerprint density at radius 2 is 2.00 bits per heavy atom. The fraction of sp³-hybridized carbons (Fsp3) is 0.333. The number of aryl methyl sites for hydroxylation is 1. The van der Waals surface area contributed by atoms with E-state index in [1.165, 1.54) is 4.88 Å². The average Bonchev–Trinajstić information content (AvgIpc) is 3.60. The number of benzene rings is 2. The summed E-state index contributed by atoms with van der Waals surface area (Å²) in [5.41, 5.74) is 5.09. The van der Waals surface area contributed by atoms with E-state index in [9.17, 15) is 9.18 Å². The number of halogens is 1. The van der Waals surface area contributed by atoms with Crippen molar-refractivity contribution in [3.8, 4) is 17.3 Å². The summed E-state index contributed by atoms with van der Waals surface area (Å²) in [6.07, 6.45) is 5.79. The number of anilines is 1. The number of nitriles is 1. The van der Waals surface area contributed by atoms with E-state index in [1.54, 1.807) is 35.7 Å². The van der Waals surface area contributed by atoms with Gasteiger partial charge in [0.15, 0.2) is 5.13 Å². The van der Waals surface area contributed by atoms with Crippen molar-refractivity contribution in [2.45, 2.75) is 50.7 Å². The van der Waals surface area contributed by atoms with Crippen molar-refractivity contribution in [3.63, 3.8) is 0 Å². The summed E-state index contributed by atoms with van der Waals surface area (Å²) in [4.78, 5) is 29.3. The standard InChI is InChI=1S/C30H29FN6OS/c31-23-10-12-37(13-11-23)24-8-9-25-27(16-24)39-30(35-25)36-29(38)22-3-1-2-20(14-22)15-28-33-18-26(34-28)21-6-4-19(17-32)5-7-21/h1-7,14,18,23-24H,8-13,15-16H2,(H,33,34)(H,35,36,38). The third-order valence-corrected chi connectivity index (χ3v) is 8.66. The molecule has 1 amide bonds. The topological polar surface area (TPSA) is 97.7 Å². The average molecular weight is 541 g/mol. The number of thiazole rings is 1. The summed E-state index contributed by atoms with van der Waals surface area (Å²) in [6.45, 7) is 1.66. The van der Waals surface area contributed by atoms with Crippen molar-refractivity contribution in [1.29, 1.82) is 5.26 Å². The Balaban J connectivity index is 1.09. The highest BCUT2D eigenvalue weighted by atomic mass is 32.1. The SMILES string of the molecule is N#Cc1ccc(-c2cnc(Cc3cccc(C(=O)Nc4nc5c(s4)CC(N4CCC(F)CC4)CC5)c3)[nH]2)cc1. The molecule has 198 valence electrons. The molecule has 39 heavy (non-hydrogen) atoms. The maximum atomic E-state index is 13.6. The van der Waals surface area contributed by atoms with Crippen LogP contribution >= 0.6 is 11.3 Å². The van der Waals surface area contributed by atoms with Crippen molar-refractivity contribution < 1.29 is 9.18 Å². The smallest absolute Gasteiger partial charge is 0.257 e. The number of rotatable bonds is 6. The van der Waals surface area contributed by atoms with Crippen molar-refractivity contribution in [3.05, 3.63) is 87.8 Å². The highest BCUT2D eigenvalue weighted by Gasteiger charge is 2.30. The lowest BCUT2D eigenvalue weighted by molar-refractivity contribution is 0.102. The molecule has 1 saturated heterocycles. The zero-order valence-corrected chi connectivity index (χ0v) is 22.3. The van der Waals surface area contributed by atoms with E-state index in [4.69, 9.17) is 10.2 Å². The predicted molar refractivity (Wildman–Crippen MR) is 150 cm³/mol. The van der Waals surface area contributed by atoms with Gasteiger partial charge in [-0.2, -0.15) is 5.26 Å². The van der Waals surface area contributed by atoms with Gasteiger partial charge in [-0.05, 0) is 67.5 Å². The Morgan fingerprint density at radius 3 is 2.79 bits per heavy atom. The van der Waals surface area contributed by atoms with Crippen LogP contribution in [-0.4, -0.2) is 51.1 Å². The fourth-order valence-electron chi connectivity index (χ4n) is 5.46. The molecule has 0 radical (unpaired) electrons. The number of aromatic amines is 1. The van der Waals surface area contributed by atoms with Crippen LogP contribution in [0.25, 0.3) is 11.3 Å². The summed E-state index contributed by atoms with van der Waals surface area (Å²) in [5, 5.41) is 12.6. The van der Waals surface area contributed by atoms with Gasteiger partial charge in [0.1, 0.15) is 12.0 Å². The lowest BCUT2D eigenvalue weighted by Gasteiger charge is -2.37. The Labute approximate surface area is 230 Å². The van der Waals surface area contributed by atoms with E-state index < -0.39 is 6.17 Å². The lowest BCUT2D eigenvalue weighted by Crippen LogP contribution is -2.44. The third-order valence-electron chi connectivity index (χ3n) is 7.62. The van der Waals surface area contributed by atoms with Gasteiger partial charge >= 0.3 is 0 Å². The molecule has 1 fully saturated rings. The van der Waals surface area contributed by atoms with Crippen LogP contribution in [0.3, 0.4) is 0 Å². The number of amides is 1. The molecule has 2 aromatic carbocycles. The molecule has 9 heteroatoms. The van der Waals surface area contributed by atoms with Gasteiger partial charge in [-0.15, -0.1) is 11.3 Å². The molecule has 0 spiro atoms. The van der Waals surface area contributed by atoms with Crippen LogP contribution in [0, 0.1) is 11.3 Å². The molecule has 7 nitrogen and oxygen atoms in total. The minimum absolute atomic E-state index is 0.178. The van der Waals surface area contributed by atoms with Crippen LogP contribution in [0.5, 0.6) is 0 Å². The second-order valence-corrected chi connectivity index (χ2v) is 11.3. The summed E-state index contributed by atoms with van der Waals surface area (Å²) >= 11 is 1.56. The summed E-state index contributed by atoms with van der Waals surface area (Å²) in [5.74, 6) is 0.618.